The zero-order valence-electron chi connectivity index (χ0n) is 16.6. The van der Waals surface area contributed by atoms with Gasteiger partial charge in [-0.25, -0.2) is 9.78 Å². The van der Waals surface area contributed by atoms with Gasteiger partial charge in [-0.2, -0.15) is 0 Å². The molecule has 1 saturated heterocycles. The minimum Gasteiger partial charge on any atom is -0.319 e. The molecule has 1 spiro atoms. The van der Waals surface area contributed by atoms with Crippen LogP contribution in [0.5, 0.6) is 0 Å². The van der Waals surface area contributed by atoms with E-state index in [4.69, 9.17) is 0 Å². The van der Waals surface area contributed by atoms with Crippen molar-refractivity contribution in [2.24, 2.45) is 0 Å². The van der Waals surface area contributed by atoms with Crippen molar-refractivity contribution in [1.82, 2.24) is 19.8 Å². The summed E-state index contributed by atoms with van der Waals surface area (Å²) >= 11 is 1.48. The van der Waals surface area contributed by atoms with Crippen molar-refractivity contribution in [3.05, 3.63) is 70.0 Å². The maximum atomic E-state index is 13.3. The molecule has 1 aromatic carbocycles. The molecule has 2 aromatic heterocycles. The Hall–Kier alpha value is -3.26. The Morgan fingerprint density at radius 3 is 2.83 bits per heavy atom. The summed E-state index contributed by atoms with van der Waals surface area (Å²) in [4.78, 5) is 44.5. The lowest BCUT2D eigenvalue weighted by Crippen LogP contribution is -2.42. The van der Waals surface area contributed by atoms with Crippen molar-refractivity contribution in [3.8, 4) is 5.13 Å². The van der Waals surface area contributed by atoms with E-state index in [2.05, 4.69) is 10.3 Å². The number of hydrogen-bond acceptors (Lipinski definition) is 5. The van der Waals surface area contributed by atoms with Crippen LogP contribution >= 0.6 is 11.3 Å². The molecule has 2 aliphatic rings. The van der Waals surface area contributed by atoms with Crippen molar-refractivity contribution in [2.45, 2.75) is 32.2 Å². The largest absolute Gasteiger partial charge is 0.325 e. The van der Waals surface area contributed by atoms with Crippen LogP contribution in [0.15, 0.2) is 41.9 Å². The van der Waals surface area contributed by atoms with Crippen LogP contribution in [0.2, 0.25) is 0 Å². The maximum Gasteiger partial charge on any atom is 0.325 e. The Morgan fingerprint density at radius 1 is 1.27 bits per heavy atom. The van der Waals surface area contributed by atoms with E-state index in [0.717, 1.165) is 39.0 Å². The number of urea groups is 1. The summed E-state index contributed by atoms with van der Waals surface area (Å²) in [7, 11) is 0. The minimum atomic E-state index is -1.05. The molecule has 1 atom stereocenters. The number of imide groups is 1. The molecule has 5 rings (SSSR count). The van der Waals surface area contributed by atoms with Crippen LogP contribution in [0.25, 0.3) is 5.13 Å². The number of amides is 3. The SMILES string of the molecule is Cc1cc(C(=O)CN2C(=O)N[C@]3(CCc4ccccc43)C2=O)c(C)n1-c1nccs1. The van der Waals surface area contributed by atoms with Gasteiger partial charge in [-0.15, -0.1) is 11.3 Å². The first-order valence-electron chi connectivity index (χ1n) is 9.77. The summed E-state index contributed by atoms with van der Waals surface area (Å²) < 4.78 is 1.92. The zero-order valence-corrected chi connectivity index (χ0v) is 17.5. The average molecular weight is 420 g/mol. The monoisotopic (exact) mass is 420 g/mol. The van der Waals surface area contributed by atoms with E-state index in [0.29, 0.717) is 12.0 Å². The number of nitrogens with zero attached hydrogens (tertiary/aromatic N) is 3. The molecule has 152 valence electrons. The molecule has 1 aliphatic carbocycles. The third-order valence-corrected chi connectivity index (χ3v) is 6.82. The van der Waals surface area contributed by atoms with E-state index in [1.165, 1.54) is 11.3 Å². The topological polar surface area (TPSA) is 84.3 Å². The van der Waals surface area contributed by atoms with E-state index in [1.807, 2.05) is 48.1 Å². The molecule has 8 heteroatoms. The quantitative estimate of drug-likeness (QED) is 0.519. The van der Waals surface area contributed by atoms with Crippen molar-refractivity contribution in [1.29, 1.82) is 0 Å². The highest BCUT2D eigenvalue weighted by Gasteiger charge is 2.55. The molecule has 3 aromatic rings. The highest BCUT2D eigenvalue weighted by molar-refractivity contribution is 7.12. The molecule has 7 nitrogen and oxygen atoms in total. The van der Waals surface area contributed by atoms with Crippen LogP contribution in [0.4, 0.5) is 4.79 Å². The zero-order chi connectivity index (χ0) is 21.0. The van der Waals surface area contributed by atoms with Crippen LogP contribution in [0.3, 0.4) is 0 Å². The number of thiazole rings is 1. The molecule has 1 fully saturated rings. The highest BCUT2D eigenvalue weighted by Crippen LogP contribution is 2.41. The van der Waals surface area contributed by atoms with E-state index < -0.39 is 11.6 Å². The highest BCUT2D eigenvalue weighted by atomic mass is 32.1. The van der Waals surface area contributed by atoms with E-state index in [1.54, 1.807) is 12.3 Å². The third-order valence-electron chi connectivity index (χ3n) is 6.07. The van der Waals surface area contributed by atoms with Gasteiger partial charge in [0.1, 0.15) is 5.54 Å². The molecule has 3 amide bonds. The second kappa shape index (κ2) is 6.63. The van der Waals surface area contributed by atoms with E-state index >= 15 is 0 Å². The van der Waals surface area contributed by atoms with Crippen molar-refractivity contribution in [3.63, 3.8) is 0 Å². The smallest absolute Gasteiger partial charge is 0.319 e. The number of carbonyl (C=O) groups is 3. The molecule has 30 heavy (non-hydrogen) atoms. The lowest BCUT2D eigenvalue weighted by molar-refractivity contribution is -0.131. The molecular formula is C22H20N4O3S. The Bertz CT molecular complexity index is 1200. The summed E-state index contributed by atoms with van der Waals surface area (Å²) in [6.45, 7) is 3.47. The standard InChI is InChI=1S/C22H20N4O3S/c1-13-11-16(14(2)26(13)21-23-9-10-30-21)18(27)12-25-19(28)22(24-20(25)29)8-7-15-5-3-4-6-17(15)22/h3-6,9-11H,7-8,12H2,1-2H3,(H,24,29)/t22-/m0/s1. The van der Waals surface area contributed by atoms with Gasteiger partial charge >= 0.3 is 6.03 Å². The number of carbonyl (C=O) groups excluding carboxylic acids is 3. The number of fused-ring (bicyclic) bond motifs is 2. The maximum absolute atomic E-state index is 13.3. The third kappa shape index (κ3) is 2.56. The van der Waals surface area contributed by atoms with Crippen LogP contribution in [0.1, 0.15) is 39.3 Å². The number of Topliss-reactive ketones (excluding diaryl/α,β-unsaturated/α-hetero) is 1. The van der Waals surface area contributed by atoms with Gasteiger partial charge in [-0.3, -0.25) is 19.1 Å². The van der Waals surface area contributed by atoms with Crippen LogP contribution < -0.4 is 5.32 Å². The molecule has 1 N–H and O–H groups in total. The van der Waals surface area contributed by atoms with Gasteiger partial charge in [0.15, 0.2) is 10.9 Å². The lowest BCUT2D eigenvalue weighted by atomic mass is 9.92. The first-order chi connectivity index (χ1) is 14.4. The van der Waals surface area contributed by atoms with Gasteiger partial charge in [-0.05, 0) is 43.9 Å². The van der Waals surface area contributed by atoms with E-state index in [9.17, 15) is 14.4 Å². The van der Waals surface area contributed by atoms with Crippen LogP contribution in [0, 0.1) is 13.8 Å². The van der Waals surface area contributed by atoms with Crippen LogP contribution in [-0.4, -0.2) is 38.7 Å². The summed E-state index contributed by atoms with van der Waals surface area (Å²) in [5, 5.41) is 5.52. The number of benzene rings is 1. The van der Waals surface area contributed by atoms with Gasteiger partial charge in [-0.1, -0.05) is 24.3 Å². The van der Waals surface area contributed by atoms with Crippen LogP contribution in [-0.2, 0) is 16.8 Å². The summed E-state index contributed by atoms with van der Waals surface area (Å²) in [5.41, 5.74) is 2.97. The van der Waals surface area contributed by atoms with Crippen molar-refractivity contribution in [2.75, 3.05) is 6.54 Å². The van der Waals surface area contributed by atoms with Crippen molar-refractivity contribution >= 4 is 29.1 Å². The van der Waals surface area contributed by atoms with Gasteiger partial charge in [0, 0.05) is 28.5 Å². The minimum absolute atomic E-state index is 0.266. The fourth-order valence-corrected chi connectivity index (χ4v) is 5.38. The first-order valence-corrected chi connectivity index (χ1v) is 10.6. The Balaban J connectivity index is 1.44. The van der Waals surface area contributed by atoms with Gasteiger partial charge < -0.3 is 5.32 Å². The fourth-order valence-electron chi connectivity index (χ4n) is 4.63. The number of hydrogen-bond donors (Lipinski definition) is 1. The molecule has 3 heterocycles. The Labute approximate surface area is 177 Å². The van der Waals surface area contributed by atoms with Gasteiger partial charge in [0.25, 0.3) is 5.91 Å². The van der Waals surface area contributed by atoms with Gasteiger partial charge in [0.05, 0.1) is 6.54 Å². The number of rotatable bonds is 4. The molecule has 0 radical (unpaired) electrons. The predicted molar refractivity (Wildman–Crippen MR) is 112 cm³/mol. The van der Waals surface area contributed by atoms with E-state index in [-0.39, 0.29) is 18.2 Å². The predicted octanol–water partition coefficient (Wildman–Crippen LogP) is 3.13. The second-order valence-electron chi connectivity index (χ2n) is 7.74. The Kier molecular flexibility index (Phi) is 4.14. The average Bonchev–Trinajstić information content (AvgIpc) is 3.48. The molecule has 0 saturated carbocycles. The molecular weight excluding hydrogens is 400 g/mol. The number of aryl methyl sites for hydroxylation is 2. The number of aromatic nitrogens is 2. The molecule has 0 bridgehead atoms. The van der Waals surface area contributed by atoms with Gasteiger partial charge in [0.2, 0.25) is 0 Å². The lowest BCUT2D eigenvalue weighted by Gasteiger charge is -2.22. The summed E-state index contributed by atoms with van der Waals surface area (Å²) in [5.74, 6) is -0.614. The number of nitrogens with one attached hydrogen (secondary N) is 1. The first kappa shape index (κ1) is 18.7. The summed E-state index contributed by atoms with van der Waals surface area (Å²) in [6.07, 6.45) is 2.95. The second-order valence-corrected chi connectivity index (χ2v) is 8.62. The molecule has 0 unspecified atom stereocenters. The normalized spacial score (nSPS) is 20.1. The Morgan fingerprint density at radius 2 is 2.07 bits per heavy atom. The summed E-state index contributed by atoms with van der Waals surface area (Å²) in [6, 6.07) is 8.93. The fraction of sp³-hybridized carbons (Fsp3) is 0.273. The number of ketones is 1. The van der Waals surface area contributed by atoms with Crippen molar-refractivity contribution < 1.29 is 14.4 Å². The molecule has 1 aliphatic heterocycles.